The van der Waals surface area contributed by atoms with E-state index in [2.05, 4.69) is 48.7 Å². The van der Waals surface area contributed by atoms with Gasteiger partial charge in [-0.1, -0.05) is 39.2 Å². The molecule has 0 aromatic carbocycles. The Balaban J connectivity index is 2.23. The second-order valence-corrected chi connectivity index (χ2v) is 5.18. The highest BCUT2D eigenvalue weighted by Crippen LogP contribution is 2.20. The van der Waals surface area contributed by atoms with Crippen LogP contribution in [-0.4, -0.2) is 4.40 Å². The summed E-state index contributed by atoms with van der Waals surface area (Å²) < 4.78 is 2.39. The first kappa shape index (κ1) is 13.2. The number of hydrogen-bond donors (Lipinski definition) is 0. The van der Waals surface area contributed by atoms with Crippen molar-refractivity contribution >= 4 is 5.52 Å². The molecule has 0 atom stereocenters. The smallest absolute Gasteiger partial charge is 0.0484 e. The first-order chi connectivity index (χ1) is 8.86. The molecule has 2 aromatic heterocycles. The monoisotopic (exact) mass is 243 g/mol. The first-order valence-electron chi connectivity index (χ1n) is 7.44. The lowest BCUT2D eigenvalue weighted by molar-refractivity contribution is 0.704. The van der Waals surface area contributed by atoms with Gasteiger partial charge in [0.15, 0.2) is 0 Å². The van der Waals surface area contributed by atoms with Crippen molar-refractivity contribution < 1.29 is 0 Å². The Morgan fingerprint density at radius 3 is 2.56 bits per heavy atom. The van der Waals surface area contributed by atoms with Crippen molar-refractivity contribution in [2.75, 3.05) is 0 Å². The van der Waals surface area contributed by atoms with Crippen LogP contribution in [0.2, 0.25) is 0 Å². The van der Waals surface area contributed by atoms with Gasteiger partial charge in [0.2, 0.25) is 0 Å². The number of hydrogen-bond acceptors (Lipinski definition) is 0. The molecule has 0 unspecified atom stereocenters. The molecule has 0 N–H and O–H groups in total. The van der Waals surface area contributed by atoms with Gasteiger partial charge in [0.1, 0.15) is 0 Å². The van der Waals surface area contributed by atoms with Gasteiger partial charge in [-0.2, -0.15) is 0 Å². The zero-order valence-electron chi connectivity index (χ0n) is 11.8. The lowest BCUT2D eigenvalue weighted by atomic mass is 10.1. The van der Waals surface area contributed by atoms with E-state index in [4.69, 9.17) is 0 Å². The van der Waals surface area contributed by atoms with Gasteiger partial charge in [-0.05, 0) is 49.4 Å². The Morgan fingerprint density at radius 2 is 1.78 bits per heavy atom. The van der Waals surface area contributed by atoms with E-state index in [1.165, 1.54) is 61.7 Å². The van der Waals surface area contributed by atoms with Crippen molar-refractivity contribution in [2.24, 2.45) is 0 Å². The maximum Gasteiger partial charge on any atom is 0.0484 e. The summed E-state index contributed by atoms with van der Waals surface area (Å²) in [6.45, 7) is 4.53. The van der Waals surface area contributed by atoms with E-state index in [0.29, 0.717) is 0 Å². The minimum Gasteiger partial charge on any atom is -0.321 e. The summed E-state index contributed by atoms with van der Waals surface area (Å²) in [7, 11) is 0. The lowest BCUT2D eigenvalue weighted by Crippen LogP contribution is -1.92. The molecule has 2 heterocycles. The largest absolute Gasteiger partial charge is 0.321 e. The number of aromatic nitrogens is 1. The fourth-order valence-electron chi connectivity index (χ4n) is 2.62. The van der Waals surface area contributed by atoms with Gasteiger partial charge in [-0.25, -0.2) is 0 Å². The second kappa shape index (κ2) is 6.63. The van der Waals surface area contributed by atoms with Crippen molar-refractivity contribution in [1.82, 2.24) is 4.40 Å². The van der Waals surface area contributed by atoms with Crippen LogP contribution in [0.1, 0.15) is 57.2 Å². The summed E-state index contributed by atoms with van der Waals surface area (Å²) in [4.78, 5) is 0. The van der Waals surface area contributed by atoms with Gasteiger partial charge >= 0.3 is 0 Å². The van der Waals surface area contributed by atoms with Crippen LogP contribution in [0.15, 0.2) is 30.5 Å². The summed E-state index contributed by atoms with van der Waals surface area (Å²) in [6, 6.07) is 8.98. The van der Waals surface area contributed by atoms with Crippen LogP contribution in [0.25, 0.3) is 5.52 Å². The molecule has 0 aliphatic carbocycles. The number of pyridine rings is 1. The molecular weight excluding hydrogens is 218 g/mol. The molecule has 1 nitrogen and oxygen atoms in total. The van der Waals surface area contributed by atoms with Crippen molar-refractivity contribution in [3.63, 3.8) is 0 Å². The van der Waals surface area contributed by atoms with Crippen LogP contribution >= 0.6 is 0 Å². The molecule has 0 radical (unpaired) electrons. The fourth-order valence-corrected chi connectivity index (χ4v) is 2.62. The average Bonchev–Trinajstić information content (AvgIpc) is 2.76. The second-order valence-electron chi connectivity index (χ2n) is 5.18. The third kappa shape index (κ3) is 2.95. The number of nitrogens with zero attached hydrogens (tertiary/aromatic N) is 1. The Bertz CT molecular complexity index is 481. The highest BCUT2D eigenvalue weighted by atomic mass is 14.9. The SMILES string of the molecule is CCCCCc1cc(CCCC)c2ccccn12. The fraction of sp³-hybridized carbons (Fsp3) is 0.529. The average molecular weight is 243 g/mol. The van der Waals surface area contributed by atoms with Crippen molar-refractivity contribution in [2.45, 2.75) is 58.8 Å². The molecule has 2 rings (SSSR count). The molecule has 98 valence electrons. The number of unbranched alkanes of at least 4 members (excludes halogenated alkanes) is 3. The molecule has 1 heteroatoms. The topological polar surface area (TPSA) is 4.41 Å². The van der Waals surface area contributed by atoms with Gasteiger partial charge in [-0.15, -0.1) is 0 Å². The molecule has 18 heavy (non-hydrogen) atoms. The van der Waals surface area contributed by atoms with Gasteiger partial charge in [0, 0.05) is 17.4 Å². The summed E-state index contributed by atoms with van der Waals surface area (Å²) in [6.07, 6.45) is 11.2. The van der Waals surface area contributed by atoms with E-state index in [-0.39, 0.29) is 0 Å². The van der Waals surface area contributed by atoms with Crippen molar-refractivity contribution in [3.8, 4) is 0 Å². The van der Waals surface area contributed by atoms with Gasteiger partial charge < -0.3 is 4.40 Å². The lowest BCUT2D eigenvalue weighted by Gasteiger charge is -2.02. The molecule has 0 aliphatic heterocycles. The maximum absolute atomic E-state index is 2.43. The summed E-state index contributed by atoms with van der Waals surface area (Å²) in [5, 5.41) is 0. The molecule has 0 spiro atoms. The minimum atomic E-state index is 1.21. The van der Waals surface area contributed by atoms with Crippen LogP contribution in [0.4, 0.5) is 0 Å². The number of fused-ring (bicyclic) bond motifs is 1. The predicted molar refractivity (Wildman–Crippen MR) is 79.2 cm³/mol. The highest BCUT2D eigenvalue weighted by molar-refractivity contribution is 5.57. The molecule has 2 aromatic rings. The zero-order chi connectivity index (χ0) is 12.8. The Morgan fingerprint density at radius 1 is 0.944 bits per heavy atom. The van der Waals surface area contributed by atoms with Crippen molar-refractivity contribution in [3.05, 3.63) is 41.7 Å². The van der Waals surface area contributed by atoms with Crippen molar-refractivity contribution in [1.29, 1.82) is 0 Å². The number of aryl methyl sites for hydroxylation is 2. The normalized spacial score (nSPS) is 11.2. The molecule has 0 saturated heterocycles. The van der Waals surface area contributed by atoms with E-state index >= 15 is 0 Å². The summed E-state index contributed by atoms with van der Waals surface area (Å²) in [5.41, 5.74) is 4.44. The Labute approximate surface area is 111 Å². The Hall–Kier alpha value is -1.24. The number of rotatable bonds is 7. The molecule has 0 amide bonds. The molecule has 0 saturated carbocycles. The zero-order valence-corrected chi connectivity index (χ0v) is 11.8. The summed E-state index contributed by atoms with van der Waals surface area (Å²) in [5.74, 6) is 0. The highest BCUT2D eigenvalue weighted by Gasteiger charge is 2.07. The van der Waals surface area contributed by atoms with Gasteiger partial charge in [0.05, 0.1) is 0 Å². The quantitative estimate of drug-likeness (QED) is 0.602. The van der Waals surface area contributed by atoms with E-state index in [1.807, 2.05) is 0 Å². The van der Waals surface area contributed by atoms with E-state index in [1.54, 1.807) is 0 Å². The van der Waals surface area contributed by atoms with Gasteiger partial charge in [0.25, 0.3) is 0 Å². The predicted octanol–water partition coefficient (Wildman–Crippen LogP) is 5.01. The van der Waals surface area contributed by atoms with Crippen LogP contribution in [0.5, 0.6) is 0 Å². The van der Waals surface area contributed by atoms with E-state index < -0.39 is 0 Å². The van der Waals surface area contributed by atoms with Crippen LogP contribution in [0, 0.1) is 0 Å². The van der Waals surface area contributed by atoms with Gasteiger partial charge in [-0.3, -0.25) is 0 Å². The van der Waals surface area contributed by atoms with Crippen LogP contribution in [-0.2, 0) is 12.8 Å². The third-order valence-electron chi connectivity index (χ3n) is 3.68. The summed E-state index contributed by atoms with van der Waals surface area (Å²) >= 11 is 0. The third-order valence-corrected chi connectivity index (χ3v) is 3.68. The standard InChI is InChI=1S/C17H25N/c1-3-5-7-11-16-14-15(10-6-4-2)17-12-8-9-13-18(16)17/h8-9,12-14H,3-7,10-11H2,1-2H3. The molecule has 0 bridgehead atoms. The first-order valence-corrected chi connectivity index (χ1v) is 7.44. The maximum atomic E-state index is 2.43. The van der Waals surface area contributed by atoms with E-state index in [0.717, 1.165) is 0 Å². The van der Waals surface area contributed by atoms with Crippen LogP contribution in [0.3, 0.4) is 0 Å². The van der Waals surface area contributed by atoms with Crippen LogP contribution < -0.4 is 0 Å². The Kier molecular flexibility index (Phi) is 4.86. The molecular formula is C17H25N. The van der Waals surface area contributed by atoms with E-state index in [9.17, 15) is 0 Å². The molecule has 0 fully saturated rings. The molecule has 0 aliphatic rings. The minimum absolute atomic E-state index is 1.21.